The lowest BCUT2D eigenvalue weighted by molar-refractivity contribution is -0.144. The fourth-order valence-corrected chi connectivity index (χ4v) is 7.46. The smallest absolute Gasteiger partial charge is 0.245 e. The number of hydrogen-bond donors (Lipinski definition) is 1. The van der Waals surface area contributed by atoms with E-state index in [9.17, 15) is 22.8 Å². The van der Waals surface area contributed by atoms with Crippen LogP contribution in [0.3, 0.4) is 0 Å². The summed E-state index contributed by atoms with van der Waals surface area (Å²) in [6, 6.07) is 11.2. The van der Waals surface area contributed by atoms with Gasteiger partial charge in [0.15, 0.2) is 0 Å². The molecule has 40 heavy (non-hydrogen) atoms. The zero-order valence-corrected chi connectivity index (χ0v) is 23.5. The normalized spacial score (nSPS) is 20.4. The second kappa shape index (κ2) is 11.1. The van der Waals surface area contributed by atoms with E-state index in [-0.39, 0.29) is 29.8 Å². The van der Waals surface area contributed by atoms with Crippen molar-refractivity contribution in [3.8, 4) is 0 Å². The maximum atomic E-state index is 13.8. The Labute approximate surface area is 237 Å². The van der Waals surface area contributed by atoms with Gasteiger partial charge in [-0.2, -0.15) is 4.31 Å². The van der Waals surface area contributed by atoms with Crippen LogP contribution in [0.1, 0.15) is 37.8 Å². The highest BCUT2D eigenvalue weighted by Crippen LogP contribution is 2.34. The van der Waals surface area contributed by atoms with Gasteiger partial charge >= 0.3 is 0 Å². The quantitative estimate of drug-likeness (QED) is 0.433. The zero-order chi connectivity index (χ0) is 28.6. The molecule has 0 spiro atoms. The molecule has 2 aliphatic rings. The van der Waals surface area contributed by atoms with Crippen molar-refractivity contribution in [2.75, 3.05) is 19.6 Å². The van der Waals surface area contributed by atoms with Crippen molar-refractivity contribution in [1.29, 1.82) is 0 Å². The van der Waals surface area contributed by atoms with Gasteiger partial charge in [0.05, 0.1) is 17.5 Å². The Morgan fingerprint density at radius 3 is 2.60 bits per heavy atom. The summed E-state index contributed by atoms with van der Waals surface area (Å²) in [5.74, 6) is -1.63. The van der Waals surface area contributed by atoms with Crippen molar-refractivity contribution in [1.82, 2.24) is 19.1 Å². The number of halogens is 1. The Morgan fingerprint density at radius 2 is 1.88 bits per heavy atom. The summed E-state index contributed by atoms with van der Waals surface area (Å²) < 4.78 is 28.4. The monoisotopic (exact) mass is 583 g/mol. The van der Waals surface area contributed by atoms with Crippen LogP contribution in [-0.2, 0) is 24.4 Å². The third-order valence-corrected chi connectivity index (χ3v) is 9.77. The molecule has 2 aromatic carbocycles. The summed E-state index contributed by atoms with van der Waals surface area (Å²) in [6.45, 7) is 1.72. The Morgan fingerprint density at radius 1 is 1.12 bits per heavy atom. The van der Waals surface area contributed by atoms with E-state index in [2.05, 4.69) is 4.98 Å². The van der Waals surface area contributed by atoms with Crippen LogP contribution in [0.2, 0.25) is 5.02 Å². The molecular weight excluding hydrogens is 554 g/mol. The molecule has 2 fully saturated rings. The summed E-state index contributed by atoms with van der Waals surface area (Å²) in [7, 11) is -4.29. The molecule has 1 aromatic heterocycles. The third kappa shape index (κ3) is 5.28. The van der Waals surface area contributed by atoms with Crippen LogP contribution in [0.5, 0.6) is 0 Å². The number of carbonyl (C=O) groups is 3. The van der Waals surface area contributed by atoms with Gasteiger partial charge in [0.1, 0.15) is 12.1 Å². The van der Waals surface area contributed by atoms with Crippen molar-refractivity contribution >= 4 is 50.1 Å². The number of benzene rings is 2. The van der Waals surface area contributed by atoms with Crippen molar-refractivity contribution in [2.45, 2.75) is 49.2 Å². The lowest BCUT2D eigenvalue weighted by atomic mass is 10.1. The number of amides is 3. The number of sulfonamides is 1. The number of primary amides is 1. The summed E-state index contributed by atoms with van der Waals surface area (Å²) in [5, 5.41) is 1.89. The third-order valence-electron chi connectivity index (χ3n) is 7.68. The fourth-order valence-electron chi connectivity index (χ4n) is 5.67. The van der Waals surface area contributed by atoms with Crippen LogP contribution in [0.15, 0.2) is 65.8 Å². The molecule has 10 nitrogen and oxygen atoms in total. The average Bonchev–Trinajstić information content (AvgIpc) is 3.58. The molecule has 210 valence electrons. The molecular formula is C28H30ClN5O5S. The zero-order valence-electron chi connectivity index (χ0n) is 21.9. The number of aromatic nitrogens is 1. The van der Waals surface area contributed by atoms with E-state index >= 15 is 0 Å². The van der Waals surface area contributed by atoms with E-state index in [4.69, 9.17) is 17.3 Å². The maximum absolute atomic E-state index is 13.8. The molecule has 3 atom stereocenters. The van der Waals surface area contributed by atoms with Crippen LogP contribution < -0.4 is 5.73 Å². The van der Waals surface area contributed by atoms with E-state index in [0.717, 1.165) is 28.1 Å². The molecule has 0 radical (unpaired) electrons. The minimum Gasteiger partial charge on any atom is -0.369 e. The Bertz CT molecular complexity index is 1570. The standard InChI is InChI=1S/C28H30ClN5O5S/c1-18(27(36)33-12-3-5-24(33)21-4-2-11-31-16-21)32-13-10-25(28(32)37)34(17-26(30)35)40(38,39)23-9-7-19-14-22(29)8-6-20(19)15-23/h2,4,6-9,11,14-16,18,24-25H,3,5,10,12-13,17H2,1H3,(H2,30,35)/t18-,24?,25+/m0/s1. The number of hydrogen-bond acceptors (Lipinski definition) is 6. The molecule has 1 unspecified atom stereocenters. The number of rotatable bonds is 8. The fraction of sp³-hybridized carbons (Fsp3) is 0.357. The van der Waals surface area contributed by atoms with Gasteiger partial charge in [-0.05, 0) is 72.9 Å². The molecule has 12 heteroatoms. The van der Waals surface area contributed by atoms with E-state index in [1.165, 1.54) is 17.0 Å². The summed E-state index contributed by atoms with van der Waals surface area (Å²) in [5.41, 5.74) is 6.37. The van der Waals surface area contributed by atoms with Crippen LogP contribution in [0, 0.1) is 0 Å². The number of pyridine rings is 1. The van der Waals surface area contributed by atoms with E-state index in [1.807, 2.05) is 12.1 Å². The maximum Gasteiger partial charge on any atom is 0.245 e. The SMILES string of the molecule is C[C@@H](C(=O)N1CCCC1c1cccnc1)N1CC[C@@H](N(CC(N)=O)S(=O)(=O)c2ccc3cc(Cl)ccc3c2)C1=O. The summed E-state index contributed by atoms with van der Waals surface area (Å²) in [6.07, 6.45) is 5.17. The predicted molar refractivity (Wildman–Crippen MR) is 150 cm³/mol. The molecule has 2 N–H and O–H groups in total. The van der Waals surface area contributed by atoms with Crippen LogP contribution >= 0.6 is 11.6 Å². The molecule has 5 rings (SSSR count). The van der Waals surface area contributed by atoms with Gasteiger partial charge in [-0.25, -0.2) is 8.42 Å². The molecule has 3 heterocycles. The molecule has 3 amide bonds. The lowest BCUT2D eigenvalue weighted by Gasteiger charge is -2.32. The number of nitrogens with zero attached hydrogens (tertiary/aromatic N) is 4. The van der Waals surface area contributed by atoms with Crippen molar-refractivity contribution in [3.63, 3.8) is 0 Å². The topological polar surface area (TPSA) is 134 Å². The largest absolute Gasteiger partial charge is 0.369 e. The van der Waals surface area contributed by atoms with E-state index in [1.54, 1.807) is 48.5 Å². The van der Waals surface area contributed by atoms with Gasteiger partial charge in [0, 0.05) is 30.5 Å². The number of likely N-dealkylation sites (tertiary alicyclic amines) is 2. The minimum absolute atomic E-state index is 0.0738. The first-order valence-electron chi connectivity index (χ1n) is 13.1. The van der Waals surface area contributed by atoms with Gasteiger partial charge in [-0.15, -0.1) is 0 Å². The highest BCUT2D eigenvalue weighted by Gasteiger charge is 2.46. The Balaban J connectivity index is 1.39. The highest BCUT2D eigenvalue weighted by atomic mass is 35.5. The first-order valence-corrected chi connectivity index (χ1v) is 14.9. The Hall–Kier alpha value is -3.54. The second-order valence-electron chi connectivity index (χ2n) is 10.2. The van der Waals surface area contributed by atoms with Gasteiger partial charge in [-0.1, -0.05) is 29.8 Å². The van der Waals surface area contributed by atoms with E-state index < -0.39 is 40.5 Å². The average molecular weight is 584 g/mol. The number of nitrogens with two attached hydrogens (primary N) is 1. The molecule has 3 aromatic rings. The van der Waals surface area contributed by atoms with Crippen molar-refractivity contribution < 1.29 is 22.8 Å². The van der Waals surface area contributed by atoms with Crippen LogP contribution in [-0.4, -0.2) is 76.9 Å². The highest BCUT2D eigenvalue weighted by molar-refractivity contribution is 7.89. The molecule has 0 bridgehead atoms. The summed E-state index contributed by atoms with van der Waals surface area (Å²) in [4.78, 5) is 46.5. The van der Waals surface area contributed by atoms with Gasteiger partial charge in [-0.3, -0.25) is 19.4 Å². The van der Waals surface area contributed by atoms with Gasteiger partial charge in [0.25, 0.3) is 0 Å². The van der Waals surface area contributed by atoms with Crippen molar-refractivity contribution in [2.24, 2.45) is 5.73 Å². The molecule has 2 saturated heterocycles. The second-order valence-corrected chi connectivity index (χ2v) is 12.5. The van der Waals surface area contributed by atoms with Crippen molar-refractivity contribution in [3.05, 3.63) is 71.5 Å². The number of fused-ring (bicyclic) bond motifs is 1. The summed E-state index contributed by atoms with van der Waals surface area (Å²) >= 11 is 6.05. The minimum atomic E-state index is -4.29. The van der Waals surface area contributed by atoms with Gasteiger partial charge in [0.2, 0.25) is 27.7 Å². The van der Waals surface area contributed by atoms with Crippen LogP contribution in [0.25, 0.3) is 10.8 Å². The molecule has 2 aliphatic heterocycles. The van der Waals surface area contributed by atoms with Gasteiger partial charge < -0.3 is 15.5 Å². The van der Waals surface area contributed by atoms with Crippen LogP contribution in [0.4, 0.5) is 0 Å². The lowest BCUT2D eigenvalue weighted by Crippen LogP contribution is -2.52. The first-order chi connectivity index (χ1) is 19.1. The first kappa shape index (κ1) is 28.0. The molecule has 0 aliphatic carbocycles. The molecule has 0 saturated carbocycles. The van der Waals surface area contributed by atoms with E-state index in [0.29, 0.717) is 17.0 Å². The number of carbonyl (C=O) groups excluding carboxylic acids is 3. The predicted octanol–water partition coefficient (Wildman–Crippen LogP) is 2.72. The Kier molecular flexibility index (Phi) is 7.80.